The molecule has 0 aromatic rings. The molecule has 0 radical (unpaired) electrons. The zero-order chi connectivity index (χ0) is 13.8. The van der Waals surface area contributed by atoms with Crippen molar-refractivity contribution >= 4 is 0 Å². The molecule has 0 spiro atoms. The number of hydrogen-bond donors (Lipinski definition) is 2. The summed E-state index contributed by atoms with van der Waals surface area (Å²) in [6, 6.07) is -0.00169. The van der Waals surface area contributed by atoms with Gasteiger partial charge in [-0.2, -0.15) is 13.2 Å². The van der Waals surface area contributed by atoms with E-state index in [-0.39, 0.29) is 18.9 Å². The van der Waals surface area contributed by atoms with Crippen molar-refractivity contribution in [3.63, 3.8) is 0 Å². The summed E-state index contributed by atoms with van der Waals surface area (Å²) in [6.07, 6.45) is -2.02. The number of hydrogen-bond acceptors (Lipinski definition) is 2. The first-order valence-electron chi connectivity index (χ1n) is 6.84. The Balaban J connectivity index is 2.39. The van der Waals surface area contributed by atoms with E-state index in [1.807, 2.05) is 0 Å². The fourth-order valence-electron chi connectivity index (χ4n) is 2.58. The summed E-state index contributed by atoms with van der Waals surface area (Å²) in [5.41, 5.74) is 5.67. The number of rotatable bonds is 5. The van der Waals surface area contributed by atoms with E-state index < -0.39 is 12.1 Å². The van der Waals surface area contributed by atoms with Crippen LogP contribution in [0.25, 0.3) is 0 Å². The van der Waals surface area contributed by atoms with Gasteiger partial charge in [-0.25, -0.2) is 0 Å². The maximum Gasteiger partial charge on any atom is 0.391 e. The van der Waals surface area contributed by atoms with Crippen LogP contribution in [0, 0.1) is 17.8 Å². The number of halogens is 3. The van der Waals surface area contributed by atoms with Crippen molar-refractivity contribution in [1.29, 1.82) is 0 Å². The van der Waals surface area contributed by atoms with Crippen LogP contribution in [0.4, 0.5) is 13.2 Å². The molecule has 0 amide bonds. The monoisotopic (exact) mass is 266 g/mol. The van der Waals surface area contributed by atoms with Crippen LogP contribution in [0.5, 0.6) is 0 Å². The second-order valence-corrected chi connectivity index (χ2v) is 5.75. The van der Waals surface area contributed by atoms with Crippen LogP contribution in [0.1, 0.15) is 39.5 Å². The predicted molar refractivity (Wildman–Crippen MR) is 67.2 cm³/mol. The van der Waals surface area contributed by atoms with E-state index in [0.29, 0.717) is 24.8 Å². The molecule has 1 aliphatic rings. The highest BCUT2D eigenvalue weighted by molar-refractivity contribution is 4.82. The Labute approximate surface area is 107 Å². The average molecular weight is 266 g/mol. The summed E-state index contributed by atoms with van der Waals surface area (Å²) in [5, 5.41) is 3.28. The average Bonchev–Trinajstić information content (AvgIpc) is 2.28. The molecule has 0 aliphatic heterocycles. The maximum absolute atomic E-state index is 12.7. The first-order chi connectivity index (χ1) is 8.34. The smallest absolute Gasteiger partial charge is 0.330 e. The maximum atomic E-state index is 12.7. The first kappa shape index (κ1) is 15.8. The van der Waals surface area contributed by atoms with Crippen molar-refractivity contribution in [2.45, 2.75) is 51.7 Å². The minimum atomic E-state index is -4.04. The highest BCUT2D eigenvalue weighted by Gasteiger charge is 2.42. The zero-order valence-electron chi connectivity index (χ0n) is 11.3. The molecule has 18 heavy (non-hydrogen) atoms. The van der Waals surface area contributed by atoms with Gasteiger partial charge in [0, 0.05) is 6.04 Å². The van der Waals surface area contributed by atoms with Crippen LogP contribution in [0.15, 0.2) is 0 Å². The number of nitrogens with one attached hydrogen (secondary N) is 1. The van der Waals surface area contributed by atoms with Crippen molar-refractivity contribution in [3.05, 3.63) is 0 Å². The van der Waals surface area contributed by atoms with E-state index in [2.05, 4.69) is 19.2 Å². The van der Waals surface area contributed by atoms with Gasteiger partial charge in [0.2, 0.25) is 0 Å². The van der Waals surface area contributed by atoms with E-state index in [0.717, 1.165) is 13.0 Å². The minimum Gasteiger partial charge on any atom is -0.330 e. The Morgan fingerprint density at radius 3 is 2.44 bits per heavy atom. The molecule has 0 heterocycles. The molecule has 1 saturated carbocycles. The van der Waals surface area contributed by atoms with Gasteiger partial charge in [-0.1, -0.05) is 20.3 Å². The fourth-order valence-corrected chi connectivity index (χ4v) is 2.58. The standard InChI is InChI=1S/C13H25F3N2/c1-9(2)10(7-17)8-18-12-5-3-4-11(6-12)13(14,15)16/h9-12,18H,3-8,17H2,1-2H3. The van der Waals surface area contributed by atoms with Crippen LogP contribution in [0.3, 0.4) is 0 Å². The molecule has 0 aromatic heterocycles. The second kappa shape index (κ2) is 6.75. The third-order valence-electron chi connectivity index (χ3n) is 4.05. The zero-order valence-corrected chi connectivity index (χ0v) is 11.3. The summed E-state index contributed by atoms with van der Waals surface area (Å²) < 4.78 is 38.0. The molecule has 3 atom stereocenters. The van der Waals surface area contributed by atoms with Crippen molar-refractivity contribution in [2.75, 3.05) is 13.1 Å². The highest BCUT2D eigenvalue weighted by Crippen LogP contribution is 2.37. The Bertz CT molecular complexity index is 241. The summed E-state index contributed by atoms with van der Waals surface area (Å²) in [7, 11) is 0. The topological polar surface area (TPSA) is 38.0 Å². The van der Waals surface area contributed by atoms with Crippen LogP contribution >= 0.6 is 0 Å². The van der Waals surface area contributed by atoms with Gasteiger partial charge in [0.05, 0.1) is 5.92 Å². The van der Waals surface area contributed by atoms with Gasteiger partial charge in [0.15, 0.2) is 0 Å². The highest BCUT2D eigenvalue weighted by atomic mass is 19.4. The van der Waals surface area contributed by atoms with Crippen molar-refractivity contribution in [2.24, 2.45) is 23.5 Å². The molecule has 3 N–H and O–H groups in total. The summed E-state index contributed by atoms with van der Waals surface area (Å²) in [5.74, 6) is -0.320. The van der Waals surface area contributed by atoms with Crippen LogP contribution < -0.4 is 11.1 Å². The SMILES string of the molecule is CC(C)C(CN)CNC1CCCC(C(F)(F)F)C1. The second-order valence-electron chi connectivity index (χ2n) is 5.75. The van der Waals surface area contributed by atoms with Gasteiger partial charge in [-0.3, -0.25) is 0 Å². The third-order valence-corrected chi connectivity index (χ3v) is 4.05. The summed E-state index contributed by atoms with van der Waals surface area (Å²) in [4.78, 5) is 0. The third kappa shape index (κ3) is 4.76. The lowest BCUT2D eigenvalue weighted by atomic mass is 9.85. The predicted octanol–water partition coefficient (Wildman–Crippen LogP) is 2.93. The van der Waals surface area contributed by atoms with Gasteiger partial charge in [-0.15, -0.1) is 0 Å². The van der Waals surface area contributed by atoms with E-state index in [9.17, 15) is 13.2 Å². The van der Waals surface area contributed by atoms with E-state index in [1.54, 1.807) is 0 Å². The Kier molecular flexibility index (Phi) is 5.92. The number of nitrogens with two attached hydrogens (primary N) is 1. The minimum absolute atomic E-state index is 0.00169. The molecule has 3 unspecified atom stereocenters. The van der Waals surface area contributed by atoms with Crippen LogP contribution in [-0.2, 0) is 0 Å². The molecule has 2 nitrogen and oxygen atoms in total. The lowest BCUT2D eigenvalue weighted by Crippen LogP contribution is -2.42. The molecule has 1 aliphatic carbocycles. The van der Waals surface area contributed by atoms with Gasteiger partial charge >= 0.3 is 6.18 Å². The molecular weight excluding hydrogens is 241 g/mol. The molecule has 108 valence electrons. The molecule has 0 aromatic carbocycles. The number of alkyl halides is 3. The van der Waals surface area contributed by atoms with Crippen LogP contribution in [0.2, 0.25) is 0 Å². The molecule has 5 heteroatoms. The first-order valence-corrected chi connectivity index (χ1v) is 6.84. The van der Waals surface area contributed by atoms with Crippen LogP contribution in [-0.4, -0.2) is 25.3 Å². The molecule has 1 fully saturated rings. The Hall–Kier alpha value is -0.290. The van der Waals surface area contributed by atoms with Gasteiger partial charge in [0.1, 0.15) is 0 Å². The lowest BCUT2D eigenvalue weighted by molar-refractivity contribution is -0.183. The van der Waals surface area contributed by atoms with E-state index in [1.165, 1.54) is 0 Å². The van der Waals surface area contributed by atoms with Gasteiger partial charge in [0.25, 0.3) is 0 Å². The molecule has 1 rings (SSSR count). The van der Waals surface area contributed by atoms with E-state index >= 15 is 0 Å². The Morgan fingerprint density at radius 2 is 1.94 bits per heavy atom. The van der Waals surface area contributed by atoms with Crippen molar-refractivity contribution in [3.8, 4) is 0 Å². The Morgan fingerprint density at radius 1 is 1.28 bits per heavy atom. The van der Waals surface area contributed by atoms with Gasteiger partial charge < -0.3 is 11.1 Å². The molecular formula is C13H25F3N2. The normalized spacial score (nSPS) is 27.5. The summed E-state index contributed by atoms with van der Waals surface area (Å²) in [6.45, 7) is 5.50. The van der Waals surface area contributed by atoms with Crippen molar-refractivity contribution in [1.82, 2.24) is 5.32 Å². The van der Waals surface area contributed by atoms with Gasteiger partial charge in [-0.05, 0) is 44.2 Å². The largest absolute Gasteiger partial charge is 0.391 e. The summed E-state index contributed by atoms with van der Waals surface area (Å²) >= 11 is 0. The molecule has 0 saturated heterocycles. The molecule has 0 bridgehead atoms. The quantitative estimate of drug-likeness (QED) is 0.803. The fraction of sp³-hybridized carbons (Fsp3) is 1.00. The van der Waals surface area contributed by atoms with Crippen molar-refractivity contribution < 1.29 is 13.2 Å². The van der Waals surface area contributed by atoms with E-state index in [4.69, 9.17) is 5.73 Å². The lowest BCUT2D eigenvalue weighted by Gasteiger charge is -2.32.